The van der Waals surface area contributed by atoms with Crippen molar-refractivity contribution in [2.45, 2.75) is 0 Å². The summed E-state index contributed by atoms with van der Waals surface area (Å²) in [5.74, 6) is 1.30. The predicted molar refractivity (Wildman–Crippen MR) is 70.6 cm³/mol. The summed E-state index contributed by atoms with van der Waals surface area (Å²) < 4.78 is 47.4. The van der Waals surface area contributed by atoms with Gasteiger partial charge in [0, 0.05) is 24.6 Å². The zero-order chi connectivity index (χ0) is 12.7. The van der Waals surface area contributed by atoms with Crippen LogP contribution in [0, 0.1) is 0 Å². The summed E-state index contributed by atoms with van der Waals surface area (Å²) in [6.07, 6.45) is 2.22. The fourth-order valence-electron chi connectivity index (χ4n) is 0.655. The Balaban J connectivity index is 3.29. The van der Waals surface area contributed by atoms with Crippen molar-refractivity contribution in [2.75, 3.05) is 37.1 Å². The number of rotatable bonds is 9. The van der Waals surface area contributed by atoms with Gasteiger partial charge in [-0.05, 0) is 0 Å². The third kappa shape index (κ3) is 14.5. The molecule has 0 aromatic carbocycles. The quantitative estimate of drug-likeness (QED) is 0.439. The highest BCUT2D eigenvalue weighted by atomic mass is 33.1. The summed E-state index contributed by atoms with van der Waals surface area (Å²) in [5.41, 5.74) is 0. The van der Waals surface area contributed by atoms with Gasteiger partial charge in [0.25, 0.3) is 0 Å². The Hall–Kier alpha value is 0.520. The maximum Gasteiger partial charge on any atom is 0.208 e. The van der Waals surface area contributed by atoms with E-state index in [9.17, 15) is 16.8 Å². The molecule has 2 N–H and O–H groups in total. The molecule has 0 spiro atoms. The maximum absolute atomic E-state index is 10.7. The van der Waals surface area contributed by atoms with Gasteiger partial charge in [-0.1, -0.05) is 21.6 Å². The van der Waals surface area contributed by atoms with E-state index in [1.165, 1.54) is 21.6 Å². The van der Waals surface area contributed by atoms with Crippen molar-refractivity contribution in [3.63, 3.8) is 0 Å². The Morgan fingerprint density at radius 3 is 1.38 bits per heavy atom. The smallest absolute Gasteiger partial charge is 0.208 e. The lowest BCUT2D eigenvalue weighted by Gasteiger charge is -2.03. The van der Waals surface area contributed by atoms with Crippen LogP contribution in [0.25, 0.3) is 0 Å². The van der Waals surface area contributed by atoms with Crippen LogP contribution in [0.1, 0.15) is 0 Å². The van der Waals surface area contributed by atoms with Gasteiger partial charge < -0.3 is 0 Å². The van der Waals surface area contributed by atoms with Gasteiger partial charge in [0.05, 0.1) is 12.5 Å². The van der Waals surface area contributed by atoms with E-state index in [1.54, 1.807) is 0 Å². The normalized spacial score (nSPS) is 12.9. The molecule has 98 valence electrons. The second-order valence-corrected chi connectivity index (χ2v) is 9.35. The van der Waals surface area contributed by atoms with Crippen LogP contribution in [0.15, 0.2) is 0 Å². The van der Waals surface area contributed by atoms with E-state index in [4.69, 9.17) is 0 Å². The maximum atomic E-state index is 10.7. The van der Waals surface area contributed by atoms with E-state index in [0.29, 0.717) is 24.6 Å². The average Bonchev–Trinajstić information content (AvgIpc) is 2.06. The molecule has 0 aromatic rings. The molecule has 0 aliphatic rings. The minimum absolute atomic E-state index is 0.385. The highest BCUT2D eigenvalue weighted by Crippen LogP contribution is 2.19. The van der Waals surface area contributed by atoms with Crippen molar-refractivity contribution >= 4 is 41.6 Å². The molecule has 0 atom stereocenters. The van der Waals surface area contributed by atoms with Crippen molar-refractivity contribution < 1.29 is 16.8 Å². The fourth-order valence-corrected chi connectivity index (χ4v) is 3.67. The first-order valence-corrected chi connectivity index (χ1v) is 10.6. The largest absolute Gasteiger partial charge is 0.215 e. The first kappa shape index (κ1) is 16.5. The van der Waals surface area contributed by atoms with Crippen LogP contribution in [0.3, 0.4) is 0 Å². The zero-order valence-corrected chi connectivity index (χ0v) is 12.4. The average molecular weight is 308 g/mol. The van der Waals surface area contributed by atoms with Crippen LogP contribution in [-0.2, 0) is 20.0 Å². The lowest BCUT2D eigenvalue weighted by atomic mass is 10.8. The van der Waals surface area contributed by atoms with Crippen LogP contribution in [0.2, 0.25) is 0 Å². The summed E-state index contributed by atoms with van der Waals surface area (Å²) >= 11 is 0. The molecule has 10 heteroatoms. The minimum atomic E-state index is -3.11. The van der Waals surface area contributed by atoms with Crippen molar-refractivity contribution in [1.29, 1.82) is 0 Å². The molecule has 0 saturated heterocycles. The second-order valence-electron chi connectivity index (χ2n) is 2.98. The SMILES string of the molecule is CS(=O)(=O)NCCSSCCNS(C)(=O)=O. The third-order valence-electron chi connectivity index (χ3n) is 1.18. The van der Waals surface area contributed by atoms with Crippen LogP contribution in [-0.4, -0.2) is 53.9 Å². The topological polar surface area (TPSA) is 92.3 Å². The number of hydrogen-bond acceptors (Lipinski definition) is 6. The lowest BCUT2D eigenvalue weighted by Crippen LogP contribution is -2.24. The van der Waals surface area contributed by atoms with Crippen molar-refractivity contribution in [3.05, 3.63) is 0 Å². The van der Waals surface area contributed by atoms with Gasteiger partial charge in [-0.15, -0.1) is 0 Å². The molecule has 0 fully saturated rings. The molecule has 0 amide bonds. The molecule has 0 aliphatic carbocycles. The Morgan fingerprint density at radius 2 is 1.12 bits per heavy atom. The molecule has 0 unspecified atom stereocenters. The van der Waals surface area contributed by atoms with Crippen LogP contribution in [0.5, 0.6) is 0 Å². The van der Waals surface area contributed by atoms with Crippen molar-refractivity contribution in [3.8, 4) is 0 Å². The molecule has 0 rings (SSSR count). The van der Waals surface area contributed by atoms with Gasteiger partial charge >= 0.3 is 0 Å². The molecule has 0 aromatic heterocycles. The number of sulfonamides is 2. The first-order chi connectivity index (χ1) is 7.21. The molecule has 0 saturated carbocycles. The van der Waals surface area contributed by atoms with E-state index < -0.39 is 20.0 Å². The molecule has 0 heterocycles. The first-order valence-electron chi connectivity index (χ1n) is 4.34. The molecule has 0 bridgehead atoms. The Labute approximate surface area is 105 Å². The van der Waals surface area contributed by atoms with Gasteiger partial charge in [0.1, 0.15) is 0 Å². The Kier molecular flexibility index (Phi) is 8.02. The van der Waals surface area contributed by atoms with Gasteiger partial charge in [-0.2, -0.15) is 0 Å². The van der Waals surface area contributed by atoms with E-state index in [1.807, 2.05) is 0 Å². The standard InChI is InChI=1S/C6H16N2O4S4/c1-15(9,10)7-3-5-13-14-6-4-8-16(2,11)12/h7-8H,3-6H2,1-2H3. The Bertz CT molecular complexity index is 339. The minimum Gasteiger partial charge on any atom is -0.215 e. The van der Waals surface area contributed by atoms with E-state index in [2.05, 4.69) is 9.44 Å². The monoisotopic (exact) mass is 308 g/mol. The van der Waals surface area contributed by atoms with Crippen LogP contribution in [0.4, 0.5) is 0 Å². The van der Waals surface area contributed by atoms with Gasteiger partial charge in [-0.3, -0.25) is 0 Å². The number of nitrogens with one attached hydrogen (secondary N) is 2. The highest BCUT2D eigenvalue weighted by Gasteiger charge is 2.00. The summed E-state index contributed by atoms with van der Waals surface area (Å²) in [5, 5.41) is 0. The van der Waals surface area contributed by atoms with Crippen LogP contribution >= 0.6 is 21.6 Å². The molecular formula is C6H16N2O4S4. The molecule has 6 nitrogen and oxygen atoms in total. The van der Waals surface area contributed by atoms with E-state index in [0.717, 1.165) is 12.5 Å². The van der Waals surface area contributed by atoms with Gasteiger partial charge in [0.2, 0.25) is 20.0 Å². The van der Waals surface area contributed by atoms with E-state index >= 15 is 0 Å². The summed E-state index contributed by atoms with van der Waals surface area (Å²) in [6.45, 7) is 0.770. The summed E-state index contributed by atoms with van der Waals surface area (Å²) in [4.78, 5) is 0. The number of hydrogen-bond donors (Lipinski definition) is 2. The van der Waals surface area contributed by atoms with Crippen LogP contribution < -0.4 is 9.44 Å². The molecular weight excluding hydrogens is 292 g/mol. The second kappa shape index (κ2) is 7.77. The molecule has 0 radical (unpaired) electrons. The van der Waals surface area contributed by atoms with Crippen molar-refractivity contribution in [2.24, 2.45) is 0 Å². The molecule has 0 aliphatic heterocycles. The van der Waals surface area contributed by atoms with Gasteiger partial charge in [-0.25, -0.2) is 26.3 Å². The lowest BCUT2D eigenvalue weighted by molar-refractivity contribution is 0.588. The predicted octanol–water partition coefficient (Wildman–Crippen LogP) is -0.534. The highest BCUT2D eigenvalue weighted by molar-refractivity contribution is 8.76. The fraction of sp³-hybridized carbons (Fsp3) is 1.00. The summed E-state index contributed by atoms with van der Waals surface area (Å²) in [6, 6.07) is 0. The van der Waals surface area contributed by atoms with E-state index in [-0.39, 0.29) is 0 Å². The zero-order valence-electron chi connectivity index (χ0n) is 9.09. The summed E-state index contributed by atoms with van der Waals surface area (Å²) in [7, 11) is -3.21. The third-order valence-corrected chi connectivity index (χ3v) is 5.05. The van der Waals surface area contributed by atoms with Crippen molar-refractivity contribution in [1.82, 2.24) is 9.44 Å². The van der Waals surface area contributed by atoms with Gasteiger partial charge in [0.15, 0.2) is 0 Å². The Morgan fingerprint density at radius 1 is 0.812 bits per heavy atom. The molecule has 16 heavy (non-hydrogen) atoms.